The number of hydrogen-bond donors (Lipinski definition) is 1. The van der Waals surface area contributed by atoms with Crippen LogP contribution >= 0.6 is 0 Å². The molecule has 3 nitrogen and oxygen atoms in total. The van der Waals surface area contributed by atoms with Crippen LogP contribution in [0.3, 0.4) is 0 Å². The second-order valence-corrected chi connectivity index (χ2v) is 4.40. The van der Waals surface area contributed by atoms with E-state index in [2.05, 4.69) is 25.2 Å². The third-order valence-electron chi connectivity index (χ3n) is 2.87. The van der Waals surface area contributed by atoms with E-state index in [1.165, 1.54) is 0 Å². The summed E-state index contributed by atoms with van der Waals surface area (Å²) >= 11 is 0. The molecule has 1 atom stereocenters. The summed E-state index contributed by atoms with van der Waals surface area (Å²) in [5.74, 6) is 0.883. The van der Waals surface area contributed by atoms with Crippen LogP contribution in [-0.2, 0) is 11.3 Å². The molecule has 0 amide bonds. The van der Waals surface area contributed by atoms with Crippen molar-refractivity contribution in [3.05, 3.63) is 29.8 Å². The summed E-state index contributed by atoms with van der Waals surface area (Å²) in [4.78, 5) is 0. The Morgan fingerprint density at radius 2 is 2.11 bits per heavy atom. The van der Waals surface area contributed by atoms with E-state index in [4.69, 9.17) is 9.47 Å². The van der Waals surface area contributed by atoms with Gasteiger partial charge >= 0.3 is 0 Å². The molecular weight excluding hydrogens is 226 g/mol. The smallest absolute Gasteiger partial charge is 0.119 e. The van der Waals surface area contributed by atoms with Gasteiger partial charge in [0.25, 0.3) is 0 Å². The van der Waals surface area contributed by atoms with Gasteiger partial charge in [0.05, 0.1) is 19.8 Å². The Hall–Kier alpha value is -1.06. The summed E-state index contributed by atoms with van der Waals surface area (Å²) in [5.41, 5.74) is 1.16. The zero-order valence-corrected chi connectivity index (χ0v) is 11.7. The molecule has 0 fully saturated rings. The molecule has 102 valence electrons. The lowest BCUT2D eigenvalue weighted by Gasteiger charge is -2.17. The summed E-state index contributed by atoms with van der Waals surface area (Å²) < 4.78 is 11.1. The van der Waals surface area contributed by atoms with Gasteiger partial charge in [0.1, 0.15) is 5.75 Å². The van der Waals surface area contributed by atoms with Crippen molar-refractivity contribution in [1.29, 1.82) is 0 Å². The van der Waals surface area contributed by atoms with Gasteiger partial charge in [0, 0.05) is 6.54 Å². The zero-order chi connectivity index (χ0) is 13.2. The standard InChI is InChI=1S/C15H25NO2/c1-4-9-16-11-14(5-2)18-12-13-7-6-8-15(10-13)17-3/h6-8,10,14,16H,4-5,9,11-12H2,1-3H3. The topological polar surface area (TPSA) is 30.5 Å². The van der Waals surface area contributed by atoms with E-state index in [1.54, 1.807) is 7.11 Å². The van der Waals surface area contributed by atoms with Crippen molar-refractivity contribution in [2.24, 2.45) is 0 Å². The van der Waals surface area contributed by atoms with Gasteiger partial charge in [0.15, 0.2) is 0 Å². The maximum Gasteiger partial charge on any atom is 0.119 e. The molecule has 0 aliphatic rings. The molecule has 0 aromatic heterocycles. The fourth-order valence-corrected chi connectivity index (χ4v) is 1.74. The number of nitrogens with one attached hydrogen (secondary N) is 1. The molecule has 0 spiro atoms. The van der Waals surface area contributed by atoms with Crippen LogP contribution in [-0.4, -0.2) is 26.3 Å². The van der Waals surface area contributed by atoms with E-state index in [0.29, 0.717) is 6.61 Å². The van der Waals surface area contributed by atoms with Crippen molar-refractivity contribution in [1.82, 2.24) is 5.32 Å². The fourth-order valence-electron chi connectivity index (χ4n) is 1.74. The Morgan fingerprint density at radius 1 is 1.28 bits per heavy atom. The molecule has 1 N–H and O–H groups in total. The lowest BCUT2D eigenvalue weighted by Crippen LogP contribution is -2.29. The van der Waals surface area contributed by atoms with Crippen molar-refractivity contribution < 1.29 is 9.47 Å². The van der Waals surface area contributed by atoms with Crippen molar-refractivity contribution in [3.63, 3.8) is 0 Å². The van der Waals surface area contributed by atoms with Crippen LogP contribution in [0.1, 0.15) is 32.3 Å². The first-order valence-corrected chi connectivity index (χ1v) is 6.75. The van der Waals surface area contributed by atoms with Gasteiger partial charge in [-0.3, -0.25) is 0 Å². The van der Waals surface area contributed by atoms with Crippen LogP contribution in [0.25, 0.3) is 0 Å². The highest BCUT2D eigenvalue weighted by Gasteiger charge is 2.06. The van der Waals surface area contributed by atoms with E-state index in [0.717, 1.165) is 37.2 Å². The highest BCUT2D eigenvalue weighted by atomic mass is 16.5. The highest BCUT2D eigenvalue weighted by molar-refractivity contribution is 5.27. The maximum atomic E-state index is 5.91. The molecule has 0 radical (unpaired) electrons. The van der Waals surface area contributed by atoms with Crippen molar-refractivity contribution >= 4 is 0 Å². The Balaban J connectivity index is 2.36. The van der Waals surface area contributed by atoms with Gasteiger partial charge < -0.3 is 14.8 Å². The largest absolute Gasteiger partial charge is 0.497 e. The molecule has 18 heavy (non-hydrogen) atoms. The second kappa shape index (κ2) is 8.95. The molecule has 1 rings (SSSR count). The third-order valence-corrected chi connectivity index (χ3v) is 2.87. The summed E-state index contributed by atoms with van der Waals surface area (Å²) in [6.45, 7) is 6.95. The molecular formula is C15H25NO2. The Morgan fingerprint density at radius 3 is 2.78 bits per heavy atom. The quantitative estimate of drug-likeness (QED) is 0.684. The van der Waals surface area contributed by atoms with E-state index < -0.39 is 0 Å². The van der Waals surface area contributed by atoms with Crippen LogP contribution < -0.4 is 10.1 Å². The van der Waals surface area contributed by atoms with Gasteiger partial charge in [-0.2, -0.15) is 0 Å². The summed E-state index contributed by atoms with van der Waals surface area (Å²) in [6, 6.07) is 8.03. The monoisotopic (exact) mass is 251 g/mol. The Labute approximate surface area is 110 Å². The number of methoxy groups -OCH3 is 1. The van der Waals surface area contributed by atoms with Gasteiger partial charge in [0.2, 0.25) is 0 Å². The van der Waals surface area contributed by atoms with E-state index in [-0.39, 0.29) is 6.10 Å². The second-order valence-electron chi connectivity index (χ2n) is 4.40. The van der Waals surface area contributed by atoms with Crippen LogP contribution in [0.2, 0.25) is 0 Å². The molecule has 0 saturated heterocycles. The van der Waals surface area contributed by atoms with Gasteiger partial charge in [-0.05, 0) is 37.1 Å². The molecule has 0 aliphatic heterocycles. The molecule has 3 heteroatoms. The minimum atomic E-state index is 0.280. The minimum absolute atomic E-state index is 0.280. The summed E-state index contributed by atoms with van der Waals surface area (Å²) in [5, 5.41) is 3.40. The lowest BCUT2D eigenvalue weighted by molar-refractivity contribution is 0.0385. The van der Waals surface area contributed by atoms with Crippen molar-refractivity contribution in [3.8, 4) is 5.75 Å². The first kappa shape index (κ1) is 15.0. The Bertz CT molecular complexity index is 328. The van der Waals surface area contributed by atoms with Crippen LogP contribution in [0, 0.1) is 0 Å². The van der Waals surface area contributed by atoms with E-state index >= 15 is 0 Å². The van der Waals surface area contributed by atoms with E-state index in [9.17, 15) is 0 Å². The van der Waals surface area contributed by atoms with Crippen LogP contribution in [0.4, 0.5) is 0 Å². The SMILES string of the molecule is CCCNCC(CC)OCc1cccc(OC)c1. The predicted molar refractivity (Wildman–Crippen MR) is 75.0 cm³/mol. The normalized spacial score (nSPS) is 12.4. The maximum absolute atomic E-state index is 5.91. The number of hydrogen-bond acceptors (Lipinski definition) is 3. The first-order valence-electron chi connectivity index (χ1n) is 6.75. The lowest BCUT2D eigenvalue weighted by atomic mass is 10.2. The van der Waals surface area contributed by atoms with Crippen molar-refractivity contribution in [2.75, 3.05) is 20.2 Å². The summed E-state index contributed by atoms with van der Waals surface area (Å²) in [7, 11) is 1.68. The number of ether oxygens (including phenoxy) is 2. The third kappa shape index (κ3) is 5.52. The van der Waals surface area contributed by atoms with E-state index in [1.807, 2.05) is 18.2 Å². The van der Waals surface area contributed by atoms with Gasteiger partial charge in [-0.15, -0.1) is 0 Å². The predicted octanol–water partition coefficient (Wildman–Crippen LogP) is 2.99. The van der Waals surface area contributed by atoms with Gasteiger partial charge in [-0.1, -0.05) is 26.0 Å². The van der Waals surface area contributed by atoms with Crippen LogP contribution in [0.15, 0.2) is 24.3 Å². The molecule has 1 aromatic rings. The average molecular weight is 251 g/mol. The van der Waals surface area contributed by atoms with Gasteiger partial charge in [-0.25, -0.2) is 0 Å². The van der Waals surface area contributed by atoms with Crippen LogP contribution in [0.5, 0.6) is 5.75 Å². The van der Waals surface area contributed by atoms with Crippen molar-refractivity contribution in [2.45, 2.75) is 39.4 Å². The molecule has 0 aliphatic carbocycles. The fraction of sp³-hybridized carbons (Fsp3) is 0.600. The zero-order valence-electron chi connectivity index (χ0n) is 11.7. The number of benzene rings is 1. The number of rotatable bonds is 9. The molecule has 1 aromatic carbocycles. The minimum Gasteiger partial charge on any atom is -0.497 e. The molecule has 0 saturated carbocycles. The Kier molecular flexibility index (Phi) is 7.46. The first-order chi connectivity index (χ1) is 8.80. The molecule has 1 unspecified atom stereocenters. The summed E-state index contributed by atoms with van der Waals surface area (Å²) in [6.07, 6.45) is 2.47. The molecule has 0 bridgehead atoms. The molecule has 0 heterocycles. The highest BCUT2D eigenvalue weighted by Crippen LogP contribution is 2.14. The average Bonchev–Trinajstić information content (AvgIpc) is 2.43.